The first-order valence-corrected chi connectivity index (χ1v) is 12.6. The monoisotopic (exact) mass is 592 g/mol. The van der Waals surface area contributed by atoms with E-state index in [0.29, 0.717) is 42.4 Å². The Hall–Kier alpha value is -2.79. The first-order chi connectivity index (χ1) is 16.4. The van der Waals surface area contributed by atoms with Crippen LogP contribution in [-0.2, 0) is 16.0 Å². The van der Waals surface area contributed by atoms with Gasteiger partial charge in [-0.2, -0.15) is 0 Å². The smallest absolute Gasteiger partial charge is 0.294 e. The zero-order valence-corrected chi connectivity index (χ0v) is 21.9. The van der Waals surface area contributed by atoms with Crippen LogP contribution in [0.4, 0.5) is 10.5 Å². The Labute approximate surface area is 216 Å². The molecule has 1 saturated heterocycles. The Morgan fingerprint density at radius 2 is 1.85 bits per heavy atom. The summed E-state index contributed by atoms with van der Waals surface area (Å²) in [7, 11) is 0. The number of hydrogen-bond donors (Lipinski definition) is 1. The molecule has 3 rings (SSSR count). The first kappa shape index (κ1) is 25.8. The summed E-state index contributed by atoms with van der Waals surface area (Å²) in [5.74, 6) is 0.246. The van der Waals surface area contributed by atoms with E-state index in [1.807, 2.05) is 32.0 Å². The third kappa shape index (κ3) is 6.41. The summed E-state index contributed by atoms with van der Waals surface area (Å²) in [6.07, 6.45) is 3.95. The lowest BCUT2D eigenvalue weighted by Gasteiger charge is -2.16. The number of halogens is 1. The van der Waals surface area contributed by atoms with Crippen molar-refractivity contribution in [1.82, 2.24) is 4.90 Å². The van der Waals surface area contributed by atoms with E-state index in [4.69, 9.17) is 9.47 Å². The quantitative estimate of drug-likeness (QED) is 0.223. The molecular formula is C25H25IN2O5S. The Bertz CT molecular complexity index is 1130. The number of carbonyl (C=O) groups excluding carboxylic acids is 3. The van der Waals surface area contributed by atoms with Crippen LogP contribution < -0.4 is 14.8 Å². The molecule has 1 N–H and O–H groups in total. The van der Waals surface area contributed by atoms with E-state index in [1.54, 1.807) is 30.4 Å². The summed E-state index contributed by atoms with van der Waals surface area (Å²) in [6, 6.07) is 10.9. The van der Waals surface area contributed by atoms with Gasteiger partial charge >= 0.3 is 0 Å². The van der Waals surface area contributed by atoms with E-state index >= 15 is 0 Å². The van der Waals surface area contributed by atoms with E-state index in [-0.39, 0.29) is 11.4 Å². The fourth-order valence-corrected chi connectivity index (χ4v) is 4.51. The van der Waals surface area contributed by atoms with Crippen LogP contribution >= 0.6 is 34.4 Å². The number of carbonyl (C=O) groups is 3. The van der Waals surface area contributed by atoms with Crippen LogP contribution in [-0.4, -0.2) is 41.7 Å². The second-order valence-electron chi connectivity index (χ2n) is 7.19. The number of rotatable bonds is 10. The summed E-state index contributed by atoms with van der Waals surface area (Å²) in [5, 5.41) is 2.22. The zero-order chi connectivity index (χ0) is 24.7. The van der Waals surface area contributed by atoms with Crippen molar-refractivity contribution in [2.24, 2.45) is 0 Å². The summed E-state index contributed by atoms with van der Waals surface area (Å²) < 4.78 is 12.6. The first-order valence-electron chi connectivity index (χ1n) is 10.7. The van der Waals surface area contributed by atoms with Gasteiger partial charge in [0.1, 0.15) is 6.54 Å². The van der Waals surface area contributed by atoms with Gasteiger partial charge in [-0.15, -0.1) is 6.58 Å². The molecule has 3 amide bonds. The Morgan fingerprint density at radius 1 is 1.15 bits per heavy atom. The largest absolute Gasteiger partial charge is 0.490 e. The molecule has 2 aromatic rings. The maximum absolute atomic E-state index is 12.9. The van der Waals surface area contributed by atoms with Gasteiger partial charge in [0.25, 0.3) is 11.1 Å². The lowest BCUT2D eigenvalue weighted by molar-refractivity contribution is -0.127. The van der Waals surface area contributed by atoms with Gasteiger partial charge in [0, 0.05) is 14.8 Å². The highest BCUT2D eigenvalue weighted by atomic mass is 127. The zero-order valence-electron chi connectivity index (χ0n) is 18.9. The molecule has 0 aliphatic carbocycles. The third-order valence-corrected chi connectivity index (χ3v) is 6.33. The average Bonchev–Trinajstić information content (AvgIpc) is 3.05. The normalized spacial score (nSPS) is 14.4. The predicted molar refractivity (Wildman–Crippen MR) is 143 cm³/mol. The molecule has 0 aromatic heterocycles. The minimum absolute atomic E-state index is 0.239. The number of allylic oxidation sites excluding steroid dienone is 1. The van der Waals surface area contributed by atoms with Crippen LogP contribution in [0.5, 0.6) is 11.5 Å². The molecule has 1 fully saturated rings. The van der Waals surface area contributed by atoms with E-state index in [9.17, 15) is 14.4 Å². The van der Waals surface area contributed by atoms with Gasteiger partial charge in [-0.1, -0.05) is 6.08 Å². The topological polar surface area (TPSA) is 84.9 Å². The molecule has 0 unspecified atom stereocenters. The minimum Gasteiger partial charge on any atom is -0.490 e. The van der Waals surface area contributed by atoms with E-state index in [0.717, 1.165) is 25.8 Å². The van der Waals surface area contributed by atoms with Gasteiger partial charge in [0.05, 0.1) is 18.1 Å². The third-order valence-electron chi connectivity index (χ3n) is 4.71. The summed E-state index contributed by atoms with van der Waals surface area (Å²) >= 11 is 2.97. The molecule has 0 bridgehead atoms. The number of imide groups is 1. The highest BCUT2D eigenvalue weighted by Gasteiger charge is 2.36. The second-order valence-corrected chi connectivity index (χ2v) is 9.43. The summed E-state index contributed by atoms with van der Waals surface area (Å²) in [6.45, 7) is 8.14. The number of hydrogen-bond acceptors (Lipinski definition) is 6. The lowest BCUT2D eigenvalue weighted by Crippen LogP contribution is -2.36. The van der Waals surface area contributed by atoms with Crippen LogP contribution in [0.3, 0.4) is 0 Å². The Morgan fingerprint density at radius 3 is 2.50 bits per heavy atom. The number of nitrogens with zero attached hydrogens (tertiary/aromatic N) is 1. The van der Waals surface area contributed by atoms with Crippen molar-refractivity contribution in [3.05, 3.63) is 68.7 Å². The van der Waals surface area contributed by atoms with Crippen molar-refractivity contribution < 1.29 is 23.9 Å². The van der Waals surface area contributed by atoms with Crippen molar-refractivity contribution in [2.75, 3.05) is 25.1 Å². The lowest BCUT2D eigenvalue weighted by atomic mass is 10.0. The SMILES string of the molecule is C=CCc1cc(/C=C2/SC(=O)N(CC(=O)Nc3ccc(I)cc3)C2=O)cc(OCC)c1OCC. The number of benzene rings is 2. The molecule has 2 aromatic carbocycles. The van der Waals surface area contributed by atoms with Crippen LogP contribution in [0.15, 0.2) is 54.0 Å². The molecule has 1 aliphatic heterocycles. The fraction of sp³-hybridized carbons (Fsp3) is 0.240. The van der Waals surface area contributed by atoms with Crippen molar-refractivity contribution in [1.29, 1.82) is 0 Å². The van der Waals surface area contributed by atoms with Gasteiger partial charge in [-0.25, -0.2) is 0 Å². The van der Waals surface area contributed by atoms with Crippen LogP contribution in [0, 0.1) is 3.57 Å². The highest BCUT2D eigenvalue weighted by molar-refractivity contribution is 14.1. The number of ether oxygens (including phenoxy) is 2. The molecule has 0 spiro atoms. The van der Waals surface area contributed by atoms with Crippen LogP contribution in [0.1, 0.15) is 25.0 Å². The van der Waals surface area contributed by atoms with Crippen molar-refractivity contribution in [3.63, 3.8) is 0 Å². The van der Waals surface area contributed by atoms with Gasteiger partial charge in [0.2, 0.25) is 5.91 Å². The van der Waals surface area contributed by atoms with E-state index in [1.165, 1.54) is 0 Å². The number of anilines is 1. The molecule has 34 heavy (non-hydrogen) atoms. The molecule has 1 aliphatic rings. The molecular weight excluding hydrogens is 567 g/mol. The maximum atomic E-state index is 12.9. The minimum atomic E-state index is -0.509. The van der Waals surface area contributed by atoms with E-state index < -0.39 is 17.1 Å². The predicted octanol–water partition coefficient (Wildman–Crippen LogP) is 5.49. The molecule has 9 heteroatoms. The van der Waals surface area contributed by atoms with Crippen LogP contribution in [0.2, 0.25) is 0 Å². The van der Waals surface area contributed by atoms with E-state index in [2.05, 4.69) is 34.5 Å². The Balaban J connectivity index is 1.81. The van der Waals surface area contributed by atoms with Gasteiger partial charge in [-0.05, 0) is 103 Å². The van der Waals surface area contributed by atoms with Gasteiger partial charge < -0.3 is 14.8 Å². The average molecular weight is 592 g/mol. The molecule has 178 valence electrons. The number of nitrogens with one attached hydrogen (secondary N) is 1. The van der Waals surface area contributed by atoms with Crippen molar-refractivity contribution in [3.8, 4) is 11.5 Å². The van der Waals surface area contributed by atoms with Crippen molar-refractivity contribution >= 4 is 63.2 Å². The standard InChI is InChI=1S/C25H25IN2O5S/c1-4-7-17-12-16(13-20(32-5-2)23(17)33-6-3)14-21-24(30)28(25(31)34-21)15-22(29)27-19-10-8-18(26)9-11-19/h4,8-14H,1,5-7,15H2,2-3H3,(H,27,29)/b21-14+. The van der Waals surface area contributed by atoms with Gasteiger partial charge in [0.15, 0.2) is 11.5 Å². The summed E-state index contributed by atoms with van der Waals surface area (Å²) in [5.41, 5.74) is 2.16. The molecule has 0 radical (unpaired) electrons. The molecule has 1 heterocycles. The van der Waals surface area contributed by atoms with Crippen molar-refractivity contribution in [2.45, 2.75) is 20.3 Å². The fourth-order valence-electron chi connectivity index (χ4n) is 3.31. The molecule has 0 saturated carbocycles. The highest BCUT2D eigenvalue weighted by Crippen LogP contribution is 2.37. The molecule has 0 atom stereocenters. The number of amides is 3. The number of thioether (sulfide) groups is 1. The molecule has 7 nitrogen and oxygen atoms in total. The van der Waals surface area contributed by atoms with Gasteiger partial charge in [-0.3, -0.25) is 19.3 Å². The second kappa shape index (κ2) is 12.1. The maximum Gasteiger partial charge on any atom is 0.294 e. The Kier molecular flexibility index (Phi) is 9.17. The van der Waals surface area contributed by atoms with Crippen LogP contribution in [0.25, 0.3) is 6.08 Å². The summed E-state index contributed by atoms with van der Waals surface area (Å²) in [4.78, 5) is 39.0.